The van der Waals surface area contributed by atoms with Crippen LogP contribution in [-0.2, 0) is 4.79 Å². The monoisotopic (exact) mass is 421 g/mol. The van der Waals surface area contributed by atoms with Crippen LogP contribution in [0.4, 0.5) is 0 Å². The lowest BCUT2D eigenvalue weighted by atomic mass is 10.1. The molecule has 4 rings (SSSR count). The first-order valence-corrected chi connectivity index (χ1v) is 11.5. The number of rotatable bonds is 4. The molecule has 0 aliphatic carbocycles. The van der Waals surface area contributed by atoms with Gasteiger partial charge < -0.3 is 4.90 Å². The zero-order valence-corrected chi connectivity index (χ0v) is 18.4. The number of carbonyl (C=O) groups excluding carboxylic acids is 1. The summed E-state index contributed by atoms with van der Waals surface area (Å²) in [5.41, 5.74) is 3.46. The van der Waals surface area contributed by atoms with Gasteiger partial charge in [0, 0.05) is 13.1 Å². The van der Waals surface area contributed by atoms with Gasteiger partial charge in [0.2, 0.25) is 5.91 Å². The maximum atomic E-state index is 13.4. The number of aryl methyl sites for hydroxylation is 2. The zero-order chi connectivity index (χ0) is 21.1. The van der Waals surface area contributed by atoms with Gasteiger partial charge in [-0.25, -0.2) is 4.98 Å². The van der Waals surface area contributed by atoms with Crippen molar-refractivity contribution in [2.75, 3.05) is 18.8 Å². The smallest absolute Gasteiger partial charge is 0.266 e. The van der Waals surface area contributed by atoms with E-state index < -0.39 is 0 Å². The quantitative estimate of drug-likeness (QED) is 0.460. The number of amides is 1. The third-order valence-electron chi connectivity index (χ3n) is 5.63. The normalized spacial score (nSPS) is 14.7. The predicted molar refractivity (Wildman–Crippen MR) is 123 cm³/mol. The molecule has 0 spiro atoms. The molecule has 0 unspecified atom stereocenters. The van der Waals surface area contributed by atoms with Crippen LogP contribution in [0.25, 0.3) is 16.6 Å². The fourth-order valence-electron chi connectivity index (χ4n) is 3.92. The Morgan fingerprint density at radius 1 is 1.03 bits per heavy atom. The molecule has 0 atom stereocenters. The van der Waals surface area contributed by atoms with E-state index in [1.807, 2.05) is 61.2 Å². The van der Waals surface area contributed by atoms with Crippen molar-refractivity contribution in [3.8, 4) is 5.69 Å². The number of likely N-dealkylation sites (tertiary alicyclic amines) is 1. The number of carbonyl (C=O) groups is 1. The van der Waals surface area contributed by atoms with E-state index in [0.29, 0.717) is 16.1 Å². The molecule has 1 amide bonds. The molecule has 1 saturated heterocycles. The molecule has 30 heavy (non-hydrogen) atoms. The summed E-state index contributed by atoms with van der Waals surface area (Å²) in [5, 5.41) is 1.15. The molecule has 0 bridgehead atoms. The first-order valence-electron chi connectivity index (χ1n) is 10.5. The van der Waals surface area contributed by atoms with Gasteiger partial charge in [-0.05, 0) is 56.0 Å². The highest BCUT2D eigenvalue weighted by Crippen LogP contribution is 2.24. The molecule has 156 valence electrons. The number of benzene rings is 2. The third kappa shape index (κ3) is 4.29. The fourth-order valence-corrected chi connectivity index (χ4v) is 4.83. The average molecular weight is 422 g/mol. The van der Waals surface area contributed by atoms with Crippen molar-refractivity contribution in [1.82, 2.24) is 14.5 Å². The summed E-state index contributed by atoms with van der Waals surface area (Å²) in [4.78, 5) is 33.0. The van der Waals surface area contributed by atoms with Crippen LogP contribution in [-0.4, -0.2) is 39.2 Å². The summed E-state index contributed by atoms with van der Waals surface area (Å²) in [6, 6.07) is 13.5. The van der Waals surface area contributed by atoms with Crippen molar-refractivity contribution < 1.29 is 4.79 Å². The number of fused-ring (bicyclic) bond motifs is 1. The number of hydrogen-bond acceptors (Lipinski definition) is 4. The van der Waals surface area contributed by atoms with Gasteiger partial charge >= 0.3 is 0 Å². The van der Waals surface area contributed by atoms with Crippen LogP contribution in [0.5, 0.6) is 0 Å². The van der Waals surface area contributed by atoms with Crippen molar-refractivity contribution in [2.24, 2.45) is 0 Å². The molecule has 2 aromatic carbocycles. The summed E-state index contributed by atoms with van der Waals surface area (Å²) in [6.07, 6.45) is 4.51. The number of thioether (sulfide) groups is 1. The van der Waals surface area contributed by atoms with Gasteiger partial charge in [0.25, 0.3) is 5.56 Å². The predicted octanol–water partition coefficient (Wildman–Crippen LogP) is 4.50. The van der Waals surface area contributed by atoms with Crippen molar-refractivity contribution >= 4 is 28.6 Å². The molecule has 0 saturated carbocycles. The van der Waals surface area contributed by atoms with Crippen LogP contribution in [0.1, 0.15) is 36.8 Å². The molecule has 1 fully saturated rings. The van der Waals surface area contributed by atoms with Gasteiger partial charge in [-0.15, -0.1) is 0 Å². The fraction of sp³-hybridized carbons (Fsp3) is 0.375. The Morgan fingerprint density at radius 2 is 1.77 bits per heavy atom. The van der Waals surface area contributed by atoms with Crippen molar-refractivity contribution in [2.45, 2.75) is 44.7 Å². The van der Waals surface area contributed by atoms with Gasteiger partial charge in [-0.2, -0.15) is 0 Å². The van der Waals surface area contributed by atoms with Crippen molar-refractivity contribution in [1.29, 1.82) is 0 Å². The summed E-state index contributed by atoms with van der Waals surface area (Å²) in [6.45, 7) is 5.66. The minimum Gasteiger partial charge on any atom is -0.342 e. The Hall–Kier alpha value is -2.60. The van der Waals surface area contributed by atoms with E-state index in [1.54, 1.807) is 4.57 Å². The molecule has 0 N–H and O–H groups in total. The van der Waals surface area contributed by atoms with Crippen LogP contribution in [0, 0.1) is 13.8 Å². The topological polar surface area (TPSA) is 55.2 Å². The van der Waals surface area contributed by atoms with Crippen LogP contribution in [0.3, 0.4) is 0 Å². The summed E-state index contributed by atoms with van der Waals surface area (Å²) in [7, 11) is 0. The lowest BCUT2D eigenvalue weighted by molar-refractivity contribution is -0.128. The molecule has 6 heteroatoms. The Balaban J connectivity index is 1.73. The number of aromatic nitrogens is 2. The first kappa shape index (κ1) is 20.7. The Kier molecular flexibility index (Phi) is 6.23. The van der Waals surface area contributed by atoms with E-state index in [4.69, 9.17) is 4.98 Å². The Morgan fingerprint density at radius 3 is 2.53 bits per heavy atom. The summed E-state index contributed by atoms with van der Waals surface area (Å²) >= 11 is 1.35. The largest absolute Gasteiger partial charge is 0.342 e. The van der Waals surface area contributed by atoms with E-state index in [-0.39, 0.29) is 17.2 Å². The molecule has 3 aromatic rings. The minimum atomic E-state index is -0.0981. The molecule has 5 nitrogen and oxygen atoms in total. The lowest BCUT2D eigenvalue weighted by Gasteiger charge is -2.20. The second-order valence-corrected chi connectivity index (χ2v) is 8.87. The lowest BCUT2D eigenvalue weighted by Crippen LogP contribution is -2.33. The van der Waals surface area contributed by atoms with E-state index in [2.05, 4.69) is 0 Å². The van der Waals surface area contributed by atoms with Crippen molar-refractivity contribution in [3.05, 3.63) is 63.9 Å². The van der Waals surface area contributed by atoms with Gasteiger partial charge in [0.15, 0.2) is 5.16 Å². The maximum Gasteiger partial charge on any atom is 0.266 e. The molecule has 1 aromatic heterocycles. The van der Waals surface area contributed by atoms with Gasteiger partial charge in [-0.1, -0.05) is 48.9 Å². The first-order chi connectivity index (χ1) is 14.5. The number of para-hydroxylation sites is 1. The van der Waals surface area contributed by atoms with Crippen LogP contribution in [0.2, 0.25) is 0 Å². The average Bonchev–Trinajstić information content (AvgIpc) is 3.04. The van der Waals surface area contributed by atoms with Gasteiger partial charge in [-0.3, -0.25) is 14.2 Å². The third-order valence-corrected chi connectivity index (χ3v) is 6.56. The van der Waals surface area contributed by atoms with E-state index in [9.17, 15) is 9.59 Å². The van der Waals surface area contributed by atoms with Crippen molar-refractivity contribution in [3.63, 3.8) is 0 Å². The molecule has 2 heterocycles. The Bertz CT molecular complexity index is 1130. The highest BCUT2D eigenvalue weighted by atomic mass is 32.2. The molecule has 1 aliphatic heterocycles. The SMILES string of the molecule is Cc1ccc(C)c(-n2c(SCC(=O)N3CCCCCC3)nc3ccccc3c2=O)c1. The van der Waals surface area contributed by atoms with Gasteiger partial charge in [0.05, 0.1) is 22.3 Å². The van der Waals surface area contributed by atoms with Crippen LogP contribution >= 0.6 is 11.8 Å². The highest BCUT2D eigenvalue weighted by Gasteiger charge is 2.19. The van der Waals surface area contributed by atoms with E-state index in [1.165, 1.54) is 24.6 Å². The number of nitrogens with zero attached hydrogens (tertiary/aromatic N) is 3. The molecule has 1 aliphatic rings. The summed E-state index contributed by atoms with van der Waals surface area (Å²) in [5.74, 6) is 0.409. The van der Waals surface area contributed by atoms with E-state index in [0.717, 1.165) is 42.7 Å². The standard InChI is InChI=1S/C24H27N3O2S/c1-17-11-12-18(2)21(15-17)27-23(29)19-9-5-6-10-20(19)25-24(27)30-16-22(28)26-13-7-3-4-8-14-26/h5-6,9-12,15H,3-4,7-8,13-14,16H2,1-2H3. The maximum absolute atomic E-state index is 13.4. The van der Waals surface area contributed by atoms with Crippen LogP contribution < -0.4 is 5.56 Å². The second kappa shape index (κ2) is 9.04. The number of hydrogen-bond donors (Lipinski definition) is 0. The summed E-state index contributed by atoms with van der Waals surface area (Å²) < 4.78 is 1.67. The Labute approximate surface area is 181 Å². The van der Waals surface area contributed by atoms with Crippen LogP contribution in [0.15, 0.2) is 52.4 Å². The van der Waals surface area contributed by atoms with Gasteiger partial charge in [0.1, 0.15) is 0 Å². The molecular formula is C24H27N3O2S. The highest BCUT2D eigenvalue weighted by molar-refractivity contribution is 7.99. The molecule has 0 radical (unpaired) electrons. The zero-order valence-electron chi connectivity index (χ0n) is 17.6. The van der Waals surface area contributed by atoms with E-state index >= 15 is 0 Å². The molecular weight excluding hydrogens is 394 g/mol. The second-order valence-electron chi connectivity index (χ2n) is 7.93. The minimum absolute atomic E-state index is 0.0981.